The van der Waals surface area contributed by atoms with E-state index in [-0.39, 0.29) is 0 Å². The van der Waals surface area contributed by atoms with E-state index in [9.17, 15) is 0 Å². The summed E-state index contributed by atoms with van der Waals surface area (Å²) in [6, 6.07) is 87.2. The van der Waals surface area contributed by atoms with Crippen LogP contribution in [-0.4, -0.2) is 4.57 Å². The average molecular weight is 805 g/mol. The monoisotopic (exact) mass is 804 g/mol. The summed E-state index contributed by atoms with van der Waals surface area (Å²) in [7, 11) is 0. The maximum Gasteiger partial charge on any atom is 0.135 e. The Hall–Kier alpha value is -8.40. The Kier molecular flexibility index (Phi) is 8.83. The third-order valence-electron chi connectivity index (χ3n) is 12.4. The number of para-hydroxylation sites is 3. The molecule has 2 heterocycles. The Balaban J connectivity index is 0.961. The normalized spacial score (nSPS) is 11.5. The molecule has 0 aliphatic heterocycles. The van der Waals surface area contributed by atoms with Crippen molar-refractivity contribution < 1.29 is 4.42 Å². The lowest BCUT2D eigenvalue weighted by Gasteiger charge is -2.26. The molecule has 0 radical (unpaired) electrons. The van der Waals surface area contributed by atoms with Crippen molar-refractivity contribution >= 4 is 60.8 Å². The van der Waals surface area contributed by atoms with Crippen LogP contribution < -0.4 is 4.90 Å². The van der Waals surface area contributed by atoms with Crippen molar-refractivity contribution in [3.63, 3.8) is 0 Å². The Morgan fingerprint density at radius 1 is 0.270 bits per heavy atom. The zero-order valence-electron chi connectivity index (χ0n) is 34.4. The van der Waals surface area contributed by atoms with Crippen molar-refractivity contribution in [2.45, 2.75) is 0 Å². The number of hydrogen-bond acceptors (Lipinski definition) is 2. The third-order valence-corrected chi connectivity index (χ3v) is 12.4. The molecule has 0 aliphatic carbocycles. The molecule has 296 valence electrons. The first-order valence-corrected chi connectivity index (χ1v) is 21.5. The predicted molar refractivity (Wildman–Crippen MR) is 264 cm³/mol. The van der Waals surface area contributed by atoms with E-state index in [2.05, 4.69) is 240 Å². The van der Waals surface area contributed by atoms with Gasteiger partial charge in [0, 0.05) is 44.3 Å². The van der Waals surface area contributed by atoms with Gasteiger partial charge in [0.2, 0.25) is 0 Å². The van der Waals surface area contributed by atoms with Gasteiger partial charge in [0.25, 0.3) is 0 Å². The minimum atomic E-state index is 0.876. The maximum absolute atomic E-state index is 6.28. The topological polar surface area (TPSA) is 21.3 Å². The molecule has 3 heteroatoms. The Morgan fingerprint density at radius 3 is 1.37 bits per heavy atom. The van der Waals surface area contributed by atoms with E-state index in [1.54, 1.807) is 0 Å². The summed E-state index contributed by atoms with van der Waals surface area (Å²) in [5.74, 6) is 0. The van der Waals surface area contributed by atoms with Gasteiger partial charge in [-0.15, -0.1) is 0 Å². The first-order valence-electron chi connectivity index (χ1n) is 21.5. The molecule has 12 rings (SSSR count). The number of rotatable bonds is 8. The van der Waals surface area contributed by atoms with Gasteiger partial charge in [-0.2, -0.15) is 0 Å². The second-order valence-corrected chi connectivity index (χ2v) is 16.2. The zero-order valence-corrected chi connectivity index (χ0v) is 34.4. The molecular formula is C60H40N2O. The molecule has 0 spiro atoms. The van der Waals surface area contributed by atoms with E-state index in [4.69, 9.17) is 4.42 Å². The molecule has 0 bridgehead atoms. The summed E-state index contributed by atoms with van der Waals surface area (Å²) < 4.78 is 8.66. The van der Waals surface area contributed by atoms with E-state index < -0.39 is 0 Å². The quantitative estimate of drug-likeness (QED) is 0.153. The van der Waals surface area contributed by atoms with Crippen LogP contribution in [0, 0.1) is 0 Å². The molecule has 10 aromatic carbocycles. The largest absolute Gasteiger partial charge is 0.456 e. The summed E-state index contributed by atoms with van der Waals surface area (Å²) in [6.07, 6.45) is 0. The third kappa shape index (κ3) is 6.55. The SMILES string of the molecule is c1ccc(-c2cc(-c3ccccc3)cc(-c3ccc(N(c4ccc(-c5ccc6c7ccccc7n(-c7ccccc7)c6c5)cc4)c4ccc5oc6ccccc6c5c4)cc3)c2)cc1. The van der Waals surface area contributed by atoms with Gasteiger partial charge in [-0.1, -0.05) is 152 Å². The summed E-state index contributed by atoms with van der Waals surface area (Å²) in [5, 5.41) is 4.70. The predicted octanol–water partition coefficient (Wildman–Crippen LogP) is 16.8. The highest BCUT2D eigenvalue weighted by Gasteiger charge is 2.18. The summed E-state index contributed by atoms with van der Waals surface area (Å²) in [6.45, 7) is 0. The van der Waals surface area contributed by atoms with Crippen molar-refractivity contribution in [3.05, 3.63) is 243 Å². The van der Waals surface area contributed by atoms with Crippen LogP contribution in [0.15, 0.2) is 247 Å². The molecule has 0 amide bonds. The molecule has 3 nitrogen and oxygen atoms in total. The van der Waals surface area contributed by atoms with Crippen molar-refractivity contribution in [2.24, 2.45) is 0 Å². The molecule has 0 atom stereocenters. The van der Waals surface area contributed by atoms with Crippen LogP contribution >= 0.6 is 0 Å². The van der Waals surface area contributed by atoms with Gasteiger partial charge >= 0.3 is 0 Å². The summed E-state index contributed by atoms with van der Waals surface area (Å²) >= 11 is 0. The Morgan fingerprint density at radius 2 is 0.730 bits per heavy atom. The molecule has 63 heavy (non-hydrogen) atoms. The van der Waals surface area contributed by atoms with Crippen molar-refractivity contribution in [2.75, 3.05) is 4.90 Å². The fraction of sp³-hybridized carbons (Fsp3) is 0. The van der Waals surface area contributed by atoms with E-state index in [1.165, 1.54) is 55.2 Å². The number of benzene rings is 10. The van der Waals surface area contributed by atoms with Crippen molar-refractivity contribution in [1.29, 1.82) is 0 Å². The average Bonchev–Trinajstić information content (AvgIpc) is 3.90. The molecule has 0 saturated heterocycles. The number of hydrogen-bond donors (Lipinski definition) is 0. The highest BCUT2D eigenvalue weighted by Crippen LogP contribution is 2.42. The van der Waals surface area contributed by atoms with Crippen molar-refractivity contribution in [3.8, 4) is 50.2 Å². The number of fused-ring (bicyclic) bond motifs is 6. The molecule has 0 saturated carbocycles. The number of nitrogens with zero attached hydrogens (tertiary/aromatic N) is 2. The standard InChI is InChI=1S/C60H40N2O/c1-4-14-41(15-5-1)46-36-47(42-16-6-2-7-17-42)38-48(37-46)44-26-31-51(32-27-44)61(52-33-35-60-56(40-52)55-21-11-13-23-59(55)63-60)50-29-24-43(25-30-50)45-28-34-54-53-20-10-12-22-57(53)62(58(54)39-45)49-18-8-3-9-19-49/h1-40H. The molecule has 0 N–H and O–H groups in total. The summed E-state index contributed by atoms with van der Waals surface area (Å²) in [5.41, 5.74) is 17.9. The summed E-state index contributed by atoms with van der Waals surface area (Å²) in [4.78, 5) is 2.35. The fourth-order valence-corrected chi connectivity index (χ4v) is 9.30. The molecule has 12 aromatic rings. The highest BCUT2D eigenvalue weighted by atomic mass is 16.3. The minimum Gasteiger partial charge on any atom is -0.456 e. The lowest BCUT2D eigenvalue weighted by Crippen LogP contribution is -2.09. The minimum absolute atomic E-state index is 0.876. The highest BCUT2D eigenvalue weighted by molar-refractivity contribution is 6.10. The number of furan rings is 1. The lowest BCUT2D eigenvalue weighted by molar-refractivity contribution is 0.669. The molecule has 0 fully saturated rings. The van der Waals surface area contributed by atoms with Gasteiger partial charge < -0.3 is 13.9 Å². The van der Waals surface area contributed by atoms with E-state index in [0.29, 0.717) is 0 Å². The van der Waals surface area contributed by atoms with Crippen LogP contribution in [0.5, 0.6) is 0 Å². The van der Waals surface area contributed by atoms with Crippen molar-refractivity contribution in [1.82, 2.24) is 4.57 Å². The van der Waals surface area contributed by atoms with E-state index in [1.807, 2.05) is 12.1 Å². The molecule has 0 aliphatic rings. The van der Waals surface area contributed by atoms with E-state index in [0.717, 1.165) is 55.8 Å². The van der Waals surface area contributed by atoms with Crippen LogP contribution in [0.4, 0.5) is 17.1 Å². The van der Waals surface area contributed by atoms with Gasteiger partial charge in [-0.05, 0) is 136 Å². The lowest BCUT2D eigenvalue weighted by atomic mass is 9.93. The van der Waals surface area contributed by atoms with Crippen LogP contribution in [0.25, 0.3) is 93.9 Å². The smallest absolute Gasteiger partial charge is 0.135 e. The first-order chi connectivity index (χ1) is 31.2. The van der Waals surface area contributed by atoms with Gasteiger partial charge in [-0.3, -0.25) is 0 Å². The molecule has 2 aromatic heterocycles. The number of aromatic nitrogens is 1. The van der Waals surface area contributed by atoms with Gasteiger partial charge in [0.15, 0.2) is 0 Å². The maximum atomic E-state index is 6.28. The van der Waals surface area contributed by atoms with Crippen LogP contribution in [0.2, 0.25) is 0 Å². The van der Waals surface area contributed by atoms with Crippen LogP contribution in [-0.2, 0) is 0 Å². The second-order valence-electron chi connectivity index (χ2n) is 16.2. The van der Waals surface area contributed by atoms with Crippen LogP contribution in [0.3, 0.4) is 0 Å². The van der Waals surface area contributed by atoms with Gasteiger partial charge in [0.1, 0.15) is 11.2 Å². The zero-order chi connectivity index (χ0) is 41.7. The second kappa shape index (κ2) is 15.3. The van der Waals surface area contributed by atoms with Gasteiger partial charge in [-0.25, -0.2) is 0 Å². The van der Waals surface area contributed by atoms with E-state index >= 15 is 0 Å². The van der Waals surface area contributed by atoms with Gasteiger partial charge in [0.05, 0.1) is 11.0 Å². The van der Waals surface area contributed by atoms with Crippen LogP contribution in [0.1, 0.15) is 0 Å². The fourth-order valence-electron chi connectivity index (χ4n) is 9.30. The number of anilines is 3. The Labute approximate surface area is 366 Å². The Bertz CT molecular complexity index is 3530. The first kappa shape index (κ1) is 36.5. The molecular weight excluding hydrogens is 765 g/mol. The molecule has 0 unspecified atom stereocenters.